The molecule has 0 atom stereocenters. The number of carbonyl (C=O) groups excluding carboxylic acids is 1. The van der Waals surface area contributed by atoms with Crippen molar-refractivity contribution in [3.05, 3.63) is 52.4 Å². The normalized spacial score (nSPS) is 10.4. The Kier molecular flexibility index (Phi) is 5.28. The molecule has 0 fully saturated rings. The molecule has 0 saturated heterocycles. The molecule has 0 aliphatic heterocycles. The van der Waals surface area contributed by atoms with Crippen molar-refractivity contribution >= 4 is 17.5 Å². The highest BCUT2D eigenvalue weighted by atomic mass is 35.5. The van der Waals surface area contributed by atoms with Gasteiger partial charge in [0.15, 0.2) is 0 Å². The summed E-state index contributed by atoms with van der Waals surface area (Å²) in [4.78, 5) is 11.7. The molecule has 4 nitrogen and oxygen atoms in total. The lowest BCUT2D eigenvalue weighted by atomic mass is 10.2. The number of furan rings is 1. The van der Waals surface area contributed by atoms with E-state index in [0.29, 0.717) is 30.3 Å². The van der Waals surface area contributed by atoms with Crippen molar-refractivity contribution in [2.45, 2.75) is 26.8 Å². The van der Waals surface area contributed by atoms with E-state index in [9.17, 15) is 4.79 Å². The maximum absolute atomic E-state index is 11.7. The molecule has 0 unspecified atom stereocenters. The average Bonchev–Trinajstić information content (AvgIpc) is 2.77. The highest BCUT2D eigenvalue weighted by molar-refractivity contribution is 6.30. The first-order valence-electron chi connectivity index (χ1n) is 6.75. The van der Waals surface area contributed by atoms with Crippen LogP contribution in [0.2, 0.25) is 5.02 Å². The molecule has 0 saturated carbocycles. The zero-order valence-corrected chi connectivity index (χ0v) is 12.9. The molecule has 0 aliphatic carbocycles. The van der Waals surface area contributed by atoms with E-state index in [1.807, 2.05) is 19.9 Å². The van der Waals surface area contributed by atoms with E-state index in [2.05, 4.69) is 5.32 Å². The van der Waals surface area contributed by atoms with Gasteiger partial charge in [-0.25, -0.2) is 0 Å². The molecule has 5 heteroatoms. The lowest BCUT2D eigenvalue weighted by molar-refractivity contribution is -0.121. The molecule has 2 rings (SSSR count). The topological polar surface area (TPSA) is 51.5 Å². The van der Waals surface area contributed by atoms with Crippen molar-refractivity contribution in [2.24, 2.45) is 0 Å². The number of amides is 1. The molecule has 1 aromatic carbocycles. The van der Waals surface area contributed by atoms with E-state index in [1.165, 1.54) is 0 Å². The standard InChI is InChI=1S/C16H18ClNO3/c1-11-9-13(12(2)21-11)10-18-16(19)7-8-20-15-5-3-14(17)4-6-15/h3-6,9H,7-8,10H2,1-2H3,(H,18,19). The van der Waals surface area contributed by atoms with Gasteiger partial charge < -0.3 is 14.5 Å². The summed E-state index contributed by atoms with van der Waals surface area (Å²) in [5.74, 6) is 2.34. The second kappa shape index (κ2) is 7.18. The van der Waals surface area contributed by atoms with Crippen LogP contribution >= 0.6 is 11.6 Å². The first kappa shape index (κ1) is 15.4. The summed E-state index contributed by atoms with van der Waals surface area (Å²) in [5, 5.41) is 3.51. The fourth-order valence-corrected chi connectivity index (χ4v) is 2.06. The third-order valence-electron chi connectivity index (χ3n) is 3.03. The second-order valence-corrected chi connectivity index (χ2v) is 5.20. The monoisotopic (exact) mass is 307 g/mol. The number of hydrogen-bond donors (Lipinski definition) is 1. The minimum atomic E-state index is -0.0535. The molecule has 1 amide bonds. The third kappa shape index (κ3) is 4.83. The van der Waals surface area contributed by atoms with E-state index < -0.39 is 0 Å². The molecule has 0 bridgehead atoms. The summed E-state index contributed by atoms with van der Waals surface area (Å²) < 4.78 is 10.9. The Morgan fingerprint density at radius 1 is 1.29 bits per heavy atom. The SMILES string of the molecule is Cc1cc(CNC(=O)CCOc2ccc(Cl)cc2)c(C)o1. The number of halogens is 1. The molecule has 1 N–H and O–H groups in total. The van der Waals surface area contributed by atoms with Crippen molar-refractivity contribution < 1.29 is 13.9 Å². The number of benzene rings is 1. The van der Waals surface area contributed by atoms with Crippen molar-refractivity contribution in [3.8, 4) is 5.75 Å². The molecule has 0 radical (unpaired) electrons. The van der Waals surface area contributed by atoms with E-state index in [-0.39, 0.29) is 5.91 Å². The van der Waals surface area contributed by atoms with Gasteiger partial charge in [0.05, 0.1) is 13.0 Å². The minimum absolute atomic E-state index is 0.0535. The Balaban J connectivity index is 1.70. The maximum atomic E-state index is 11.7. The first-order valence-corrected chi connectivity index (χ1v) is 7.13. The van der Waals surface area contributed by atoms with Crippen LogP contribution in [0.25, 0.3) is 0 Å². The molecule has 1 aromatic heterocycles. The van der Waals surface area contributed by atoms with Gasteiger partial charge in [0.1, 0.15) is 17.3 Å². The van der Waals surface area contributed by atoms with Crippen molar-refractivity contribution in [2.75, 3.05) is 6.61 Å². The fourth-order valence-electron chi connectivity index (χ4n) is 1.93. The number of aryl methyl sites for hydroxylation is 2. The molecule has 21 heavy (non-hydrogen) atoms. The number of rotatable bonds is 6. The molecule has 0 aliphatic rings. The Hall–Kier alpha value is -1.94. The van der Waals surface area contributed by atoms with Crippen LogP contribution in [0.3, 0.4) is 0 Å². The number of nitrogens with one attached hydrogen (secondary N) is 1. The van der Waals surface area contributed by atoms with Crippen LogP contribution in [0, 0.1) is 13.8 Å². The zero-order valence-electron chi connectivity index (χ0n) is 12.1. The average molecular weight is 308 g/mol. The number of carbonyl (C=O) groups is 1. The van der Waals surface area contributed by atoms with Crippen LogP contribution in [0.5, 0.6) is 5.75 Å². The lowest BCUT2D eigenvalue weighted by Gasteiger charge is -2.07. The molecule has 0 spiro atoms. The van der Waals surface area contributed by atoms with E-state index in [4.69, 9.17) is 20.8 Å². The second-order valence-electron chi connectivity index (χ2n) is 4.77. The summed E-state index contributed by atoms with van der Waals surface area (Å²) >= 11 is 5.78. The summed E-state index contributed by atoms with van der Waals surface area (Å²) in [7, 11) is 0. The van der Waals surface area contributed by atoms with Crippen LogP contribution in [0.1, 0.15) is 23.5 Å². The van der Waals surface area contributed by atoms with Gasteiger partial charge in [0, 0.05) is 17.1 Å². The van der Waals surface area contributed by atoms with E-state index >= 15 is 0 Å². The quantitative estimate of drug-likeness (QED) is 0.886. The summed E-state index contributed by atoms with van der Waals surface area (Å²) in [6, 6.07) is 8.98. The Labute approximate surface area is 129 Å². The molecule has 2 aromatic rings. The molecular weight excluding hydrogens is 290 g/mol. The number of ether oxygens (including phenoxy) is 1. The van der Waals surface area contributed by atoms with Gasteiger partial charge in [-0.2, -0.15) is 0 Å². The van der Waals surface area contributed by atoms with Gasteiger partial charge >= 0.3 is 0 Å². The van der Waals surface area contributed by atoms with Gasteiger partial charge in [0.25, 0.3) is 0 Å². The highest BCUT2D eigenvalue weighted by Crippen LogP contribution is 2.15. The van der Waals surface area contributed by atoms with Crippen molar-refractivity contribution in [1.29, 1.82) is 0 Å². The van der Waals surface area contributed by atoms with Crippen LogP contribution < -0.4 is 10.1 Å². The first-order chi connectivity index (χ1) is 10.0. The largest absolute Gasteiger partial charge is 0.493 e. The number of hydrogen-bond acceptors (Lipinski definition) is 3. The summed E-state index contributed by atoms with van der Waals surface area (Å²) in [5.41, 5.74) is 1.000. The predicted molar refractivity (Wildman–Crippen MR) is 81.6 cm³/mol. The lowest BCUT2D eigenvalue weighted by Crippen LogP contribution is -2.24. The van der Waals surface area contributed by atoms with Gasteiger partial charge in [-0.3, -0.25) is 4.79 Å². The molecule has 1 heterocycles. The summed E-state index contributed by atoms with van der Waals surface area (Å²) in [6.07, 6.45) is 0.304. The fraction of sp³-hybridized carbons (Fsp3) is 0.312. The Morgan fingerprint density at radius 2 is 2.00 bits per heavy atom. The molecular formula is C16H18ClNO3. The predicted octanol–water partition coefficient (Wildman–Crippen LogP) is 3.64. The van der Waals surface area contributed by atoms with E-state index in [0.717, 1.165) is 17.1 Å². The van der Waals surface area contributed by atoms with Crippen LogP contribution in [-0.4, -0.2) is 12.5 Å². The van der Waals surface area contributed by atoms with E-state index in [1.54, 1.807) is 24.3 Å². The van der Waals surface area contributed by atoms with Crippen LogP contribution in [0.4, 0.5) is 0 Å². The smallest absolute Gasteiger partial charge is 0.223 e. The van der Waals surface area contributed by atoms with Gasteiger partial charge in [-0.05, 0) is 44.2 Å². The minimum Gasteiger partial charge on any atom is -0.493 e. The Morgan fingerprint density at radius 3 is 2.62 bits per heavy atom. The van der Waals surface area contributed by atoms with Gasteiger partial charge in [-0.1, -0.05) is 11.6 Å². The Bertz CT molecular complexity index is 604. The van der Waals surface area contributed by atoms with Gasteiger partial charge in [0.2, 0.25) is 5.91 Å². The van der Waals surface area contributed by atoms with Gasteiger partial charge in [-0.15, -0.1) is 0 Å². The molecule has 112 valence electrons. The third-order valence-corrected chi connectivity index (χ3v) is 3.28. The van der Waals surface area contributed by atoms with Crippen LogP contribution in [0.15, 0.2) is 34.7 Å². The van der Waals surface area contributed by atoms with Crippen LogP contribution in [-0.2, 0) is 11.3 Å². The zero-order chi connectivity index (χ0) is 15.2. The van der Waals surface area contributed by atoms with Crippen molar-refractivity contribution in [3.63, 3.8) is 0 Å². The highest BCUT2D eigenvalue weighted by Gasteiger charge is 2.07. The summed E-state index contributed by atoms with van der Waals surface area (Å²) in [6.45, 7) is 4.58. The maximum Gasteiger partial charge on any atom is 0.223 e. The van der Waals surface area contributed by atoms with Crippen molar-refractivity contribution in [1.82, 2.24) is 5.32 Å².